The van der Waals surface area contributed by atoms with Gasteiger partial charge in [-0.1, -0.05) is 27.7 Å². The van der Waals surface area contributed by atoms with E-state index in [4.69, 9.17) is 4.74 Å². The number of nitrogens with zero attached hydrogens (tertiary/aromatic N) is 1. The average Bonchev–Trinajstić information content (AvgIpc) is 2.36. The van der Waals surface area contributed by atoms with Gasteiger partial charge in [0.2, 0.25) is 5.91 Å². The molecule has 1 rings (SSSR count). The summed E-state index contributed by atoms with van der Waals surface area (Å²) in [6.07, 6.45) is 3.21. The van der Waals surface area contributed by atoms with Crippen LogP contribution in [0.15, 0.2) is 0 Å². The standard InChI is InChI=1S/C16H32N2O2/c1-11(2)9-14(16(19)18(5)6)17-13-7-8-20-15(10-13)12(3)4/h11-15,17H,7-10H2,1-6H3. The number of hydrogen-bond acceptors (Lipinski definition) is 3. The highest BCUT2D eigenvalue weighted by molar-refractivity contribution is 5.81. The second kappa shape index (κ2) is 7.99. The maximum atomic E-state index is 12.3. The van der Waals surface area contributed by atoms with Crippen LogP contribution in [0.3, 0.4) is 0 Å². The Morgan fingerprint density at radius 1 is 1.30 bits per heavy atom. The fraction of sp³-hybridized carbons (Fsp3) is 0.938. The zero-order chi connectivity index (χ0) is 15.3. The molecule has 0 aromatic carbocycles. The molecular weight excluding hydrogens is 252 g/mol. The minimum atomic E-state index is -0.0686. The van der Waals surface area contributed by atoms with Crippen molar-refractivity contribution in [3.8, 4) is 0 Å². The molecule has 0 aromatic rings. The Hall–Kier alpha value is -0.610. The number of amides is 1. The summed E-state index contributed by atoms with van der Waals surface area (Å²) in [5.41, 5.74) is 0. The lowest BCUT2D eigenvalue weighted by molar-refractivity contribution is -0.132. The summed E-state index contributed by atoms with van der Waals surface area (Å²) in [6, 6.07) is 0.324. The van der Waals surface area contributed by atoms with Crippen LogP contribution < -0.4 is 5.32 Å². The van der Waals surface area contributed by atoms with Crippen LogP contribution >= 0.6 is 0 Å². The number of carbonyl (C=O) groups excluding carboxylic acids is 1. The third kappa shape index (κ3) is 5.41. The van der Waals surface area contributed by atoms with Crippen LogP contribution in [0.4, 0.5) is 0 Å². The molecule has 1 aliphatic heterocycles. The Balaban J connectivity index is 2.62. The van der Waals surface area contributed by atoms with E-state index in [0.717, 1.165) is 25.9 Å². The van der Waals surface area contributed by atoms with E-state index in [0.29, 0.717) is 24.0 Å². The van der Waals surface area contributed by atoms with E-state index in [2.05, 4.69) is 33.0 Å². The zero-order valence-corrected chi connectivity index (χ0v) is 14.0. The number of likely N-dealkylation sites (N-methyl/N-ethyl adjacent to an activating group) is 1. The molecule has 0 aliphatic carbocycles. The molecule has 1 aliphatic rings. The van der Waals surface area contributed by atoms with Crippen molar-refractivity contribution in [3.05, 3.63) is 0 Å². The summed E-state index contributed by atoms with van der Waals surface area (Å²) in [7, 11) is 3.66. The SMILES string of the molecule is CC(C)CC(NC1CCOC(C(C)C)C1)C(=O)N(C)C. The zero-order valence-electron chi connectivity index (χ0n) is 14.0. The van der Waals surface area contributed by atoms with Gasteiger partial charge >= 0.3 is 0 Å². The topological polar surface area (TPSA) is 41.6 Å². The van der Waals surface area contributed by atoms with Crippen molar-refractivity contribution in [2.24, 2.45) is 11.8 Å². The first kappa shape index (κ1) is 17.4. The molecule has 1 heterocycles. The first-order chi connectivity index (χ1) is 9.31. The molecule has 20 heavy (non-hydrogen) atoms. The monoisotopic (exact) mass is 284 g/mol. The summed E-state index contributed by atoms with van der Waals surface area (Å²) in [5.74, 6) is 1.23. The van der Waals surface area contributed by atoms with Crippen molar-refractivity contribution in [1.29, 1.82) is 0 Å². The van der Waals surface area contributed by atoms with Crippen LogP contribution in [0.5, 0.6) is 0 Å². The van der Waals surface area contributed by atoms with Gasteiger partial charge < -0.3 is 15.0 Å². The maximum Gasteiger partial charge on any atom is 0.239 e. The van der Waals surface area contributed by atoms with E-state index in [1.807, 2.05) is 14.1 Å². The van der Waals surface area contributed by atoms with Crippen molar-refractivity contribution in [1.82, 2.24) is 10.2 Å². The molecule has 3 atom stereocenters. The van der Waals surface area contributed by atoms with E-state index in [9.17, 15) is 4.79 Å². The lowest BCUT2D eigenvalue weighted by Gasteiger charge is -2.35. The van der Waals surface area contributed by atoms with Gasteiger partial charge in [0.1, 0.15) is 0 Å². The van der Waals surface area contributed by atoms with Gasteiger partial charge in [0.15, 0.2) is 0 Å². The summed E-state index contributed by atoms with van der Waals surface area (Å²) in [4.78, 5) is 14.0. The van der Waals surface area contributed by atoms with Gasteiger partial charge in [0, 0.05) is 26.7 Å². The number of ether oxygens (including phenoxy) is 1. The van der Waals surface area contributed by atoms with Gasteiger partial charge in [0.25, 0.3) is 0 Å². The first-order valence-corrected chi connectivity index (χ1v) is 7.90. The molecule has 4 heteroatoms. The molecule has 1 saturated heterocycles. The lowest BCUT2D eigenvalue weighted by atomic mass is 9.93. The van der Waals surface area contributed by atoms with Crippen molar-refractivity contribution < 1.29 is 9.53 Å². The fourth-order valence-corrected chi connectivity index (χ4v) is 2.75. The molecule has 1 amide bonds. The number of hydrogen-bond donors (Lipinski definition) is 1. The fourth-order valence-electron chi connectivity index (χ4n) is 2.75. The smallest absolute Gasteiger partial charge is 0.239 e. The van der Waals surface area contributed by atoms with Crippen LogP contribution in [0.1, 0.15) is 47.0 Å². The van der Waals surface area contributed by atoms with Crippen molar-refractivity contribution in [2.45, 2.75) is 65.1 Å². The Kier molecular flexibility index (Phi) is 6.96. The summed E-state index contributed by atoms with van der Waals surface area (Å²) in [6.45, 7) is 9.52. The summed E-state index contributed by atoms with van der Waals surface area (Å²) >= 11 is 0. The van der Waals surface area contributed by atoms with E-state index in [1.165, 1.54) is 0 Å². The second-order valence-electron chi connectivity index (χ2n) is 6.96. The highest BCUT2D eigenvalue weighted by Crippen LogP contribution is 2.21. The van der Waals surface area contributed by atoms with Gasteiger partial charge in [-0.05, 0) is 31.1 Å². The van der Waals surface area contributed by atoms with Crippen LogP contribution in [0.2, 0.25) is 0 Å². The maximum absolute atomic E-state index is 12.3. The molecule has 3 unspecified atom stereocenters. The lowest BCUT2D eigenvalue weighted by Crippen LogP contribution is -2.51. The van der Waals surface area contributed by atoms with Crippen LogP contribution in [0, 0.1) is 11.8 Å². The van der Waals surface area contributed by atoms with E-state index < -0.39 is 0 Å². The molecule has 118 valence electrons. The quantitative estimate of drug-likeness (QED) is 0.813. The third-order valence-corrected chi connectivity index (χ3v) is 3.94. The highest BCUT2D eigenvalue weighted by Gasteiger charge is 2.29. The molecular formula is C16H32N2O2. The van der Waals surface area contributed by atoms with Crippen LogP contribution in [-0.2, 0) is 9.53 Å². The van der Waals surface area contributed by atoms with Crippen molar-refractivity contribution in [2.75, 3.05) is 20.7 Å². The number of rotatable bonds is 6. The van der Waals surface area contributed by atoms with Crippen molar-refractivity contribution >= 4 is 5.91 Å². The first-order valence-electron chi connectivity index (χ1n) is 7.90. The summed E-state index contributed by atoms with van der Waals surface area (Å²) in [5, 5.41) is 3.58. The van der Waals surface area contributed by atoms with E-state index in [-0.39, 0.29) is 11.9 Å². The average molecular weight is 284 g/mol. The van der Waals surface area contributed by atoms with Gasteiger partial charge in [-0.2, -0.15) is 0 Å². The highest BCUT2D eigenvalue weighted by atomic mass is 16.5. The van der Waals surface area contributed by atoms with Crippen LogP contribution in [0.25, 0.3) is 0 Å². The van der Waals surface area contributed by atoms with Gasteiger partial charge in [-0.25, -0.2) is 0 Å². The van der Waals surface area contributed by atoms with Gasteiger partial charge in [-0.15, -0.1) is 0 Å². The normalized spacial score (nSPS) is 25.0. The largest absolute Gasteiger partial charge is 0.378 e. The van der Waals surface area contributed by atoms with Crippen molar-refractivity contribution in [3.63, 3.8) is 0 Å². The second-order valence-corrected chi connectivity index (χ2v) is 6.96. The Bertz CT molecular complexity index is 303. The van der Waals surface area contributed by atoms with E-state index in [1.54, 1.807) is 4.90 Å². The minimum absolute atomic E-state index is 0.0686. The molecule has 1 N–H and O–H groups in total. The Morgan fingerprint density at radius 3 is 2.45 bits per heavy atom. The molecule has 0 spiro atoms. The predicted octanol–water partition coefficient (Wildman–Crippen LogP) is 2.28. The number of carbonyl (C=O) groups is 1. The Morgan fingerprint density at radius 2 is 1.95 bits per heavy atom. The summed E-state index contributed by atoms with van der Waals surface area (Å²) < 4.78 is 5.80. The number of nitrogens with one attached hydrogen (secondary N) is 1. The Labute approximate surface area is 124 Å². The minimum Gasteiger partial charge on any atom is -0.378 e. The van der Waals surface area contributed by atoms with E-state index >= 15 is 0 Å². The molecule has 0 aromatic heterocycles. The predicted molar refractivity (Wildman–Crippen MR) is 82.7 cm³/mol. The molecule has 0 bridgehead atoms. The molecule has 0 radical (unpaired) electrons. The molecule has 4 nitrogen and oxygen atoms in total. The van der Waals surface area contributed by atoms with Gasteiger partial charge in [0.05, 0.1) is 12.1 Å². The molecule has 0 saturated carbocycles. The van der Waals surface area contributed by atoms with Crippen LogP contribution in [-0.4, -0.2) is 49.7 Å². The van der Waals surface area contributed by atoms with Gasteiger partial charge in [-0.3, -0.25) is 4.79 Å². The molecule has 1 fully saturated rings. The third-order valence-electron chi connectivity index (χ3n) is 3.94.